The minimum absolute atomic E-state index is 0.557. The van der Waals surface area contributed by atoms with Crippen molar-refractivity contribution in [3.63, 3.8) is 0 Å². The summed E-state index contributed by atoms with van der Waals surface area (Å²) < 4.78 is 0. The highest BCUT2D eigenvalue weighted by Gasteiger charge is 2.23. The van der Waals surface area contributed by atoms with Crippen LogP contribution in [0, 0.1) is 11.3 Å². The largest absolute Gasteiger partial charge is 0.0654 e. The van der Waals surface area contributed by atoms with Crippen molar-refractivity contribution in [2.24, 2.45) is 11.3 Å². The van der Waals surface area contributed by atoms with Crippen molar-refractivity contribution in [3.8, 4) is 0 Å². The Morgan fingerprint density at radius 1 is 0.929 bits per heavy atom. The number of hydrogen-bond donors (Lipinski definition) is 0. The Morgan fingerprint density at radius 2 is 1.50 bits per heavy atom. The molecule has 0 rings (SSSR count). The lowest BCUT2D eigenvalue weighted by Gasteiger charge is -2.31. The molecule has 0 amide bonds. The van der Waals surface area contributed by atoms with E-state index in [-0.39, 0.29) is 0 Å². The van der Waals surface area contributed by atoms with E-state index < -0.39 is 0 Å². The van der Waals surface area contributed by atoms with Gasteiger partial charge in [0.05, 0.1) is 0 Å². The zero-order chi connectivity index (χ0) is 11.0. The van der Waals surface area contributed by atoms with Gasteiger partial charge in [-0.05, 0) is 17.8 Å². The SMILES string of the molecule is CCCCCCCC(C)(C)C(C)CC. The second-order valence-corrected chi connectivity index (χ2v) is 5.46. The van der Waals surface area contributed by atoms with Crippen LogP contribution in [-0.2, 0) is 0 Å². The zero-order valence-corrected chi connectivity index (χ0v) is 11.0. The van der Waals surface area contributed by atoms with Crippen molar-refractivity contribution in [2.75, 3.05) is 0 Å². The second-order valence-electron chi connectivity index (χ2n) is 5.46. The molecule has 0 radical (unpaired) electrons. The van der Waals surface area contributed by atoms with Gasteiger partial charge in [0, 0.05) is 0 Å². The summed E-state index contributed by atoms with van der Waals surface area (Å²) in [7, 11) is 0. The van der Waals surface area contributed by atoms with Crippen molar-refractivity contribution >= 4 is 0 Å². The van der Waals surface area contributed by atoms with E-state index in [4.69, 9.17) is 0 Å². The third-order valence-electron chi connectivity index (χ3n) is 3.87. The van der Waals surface area contributed by atoms with Crippen LogP contribution in [0.4, 0.5) is 0 Å². The van der Waals surface area contributed by atoms with Crippen molar-refractivity contribution in [1.82, 2.24) is 0 Å². The Kier molecular flexibility index (Phi) is 7.31. The fourth-order valence-electron chi connectivity index (χ4n) is 1.98. The van der Waals surface area contributed by atoms with E-state index in [9.17, 15) is 0 Å². The van der Waals surface area contributed by atoms with Gasteiger partial charge in [-0.1, -0.05) is 73.1 Å². The average Bonchev–Trinajstić information content (AvgIpc) is 2.16. The molecule has 0 fully saturated rings. The predicted octanol–water partition coefficient (Wildman–Crippen LogP) is 5.42. The fraction of sp³-hybridized carbons (Fsp3) is 1.00. The van der Waals surface area contributed by atoms with Gasteiger partial charge in [0.2, 0.25) is 0 Å². The van der Waals surface area contributed by atoms with Crippen molar-refractivity contribution in [3.05, 3.63) is 0 Å². The standard InChI is InChI=1S/C14H30/c1-6-8-9-10-11-12-14(4,5)13(3)7-2/h13H,6-12H2,1-5H3. The maximum absolute atomic E-state index is 2.43. The van der Waals surface area contributed by atoms with Crippen LogP contribution in [0.5, 0.6) is 0 Å². The van der Waals surface area contributed by atoms with Gasteiger partial charge in [-0.15, -0.1) is 0 Å². The Balaban J connectivity index is 3.55. The fourth-order valence-corrected chi connectivity index (χ4v) is 1.98. The van der Waals surface area contributed by atoms with Crippen LogP contribution >= 0.6 is 0 Å². The molecule has 0 heteroatoms. The van der Waals surface area contributed by atoms with E-state index in [1.54, 1.807) is 0 Å². The van der Waals surface area contributed by atoms with E-state index in [1.807, 2.05) is 0 Å². The average molecular weight is 198 g/mol. The van der Waals surface area contributed by atoms with Gasteiger partial charge >= 0.3 is 0 Å². The smallest absolute Gasteiger partial charge is 0.0329 e. The van der Waals surface area contributed by atoms with Gasteiger partial charge in [0.25, 0.3) is 0 Å². The summed E-state index contributed by atoms with van der Waals surface area (Å²) in [5, 5.41) is 0. The molecule has 1 atom stereocenters. The molecule has 0 aromatic carbocycles. The Labute approximate surface area is 91.5 Å². The highest BCUT2D eigenvalue weighted by Crippen LogP contribution is 2.34. The molecule has 86 valence electrons. The van der Waals surface area contributed by atoms with Gasteiger partial charge in [-0.3, -0.25) is 0 Å². The predicted molar refractivity (Wildman–Crippen MR) is 66.6 cm³/mol. The van der Waals surface area contributed by atoms with E-state index in [0.29, 0.717) is 5.41 Å². The number of rotatable bonds is 8. The molecule has 0 saturated carbocycles. The number of hydrogen-bond acceptors (Lipinski definition) is 0. The topological polar surface area (TPSA) is 0 Å². The summed E-state index contributed by atoms with van der Waals surface area (Å²) in [6, 6.07) is 0. The first kappa shape index (κ1) is 14.0. The van der Waals surface area contributed by atoms with Gasteiger partial charge in [-0.25, -0.2) is 0 Å². The van der Waals surface area contributed by atoms with E-state index >= 15 is 0 Å². The lowest BCUT2D eigenvalue weighted by atomic mass is 9.75. The normalized spacial score (nSPS) is 14.4. The minimum Gasteiger partial charge on any atom is -0.0654 e. The van der Waals surface area contributed by atoms with E-state index in [0.717, 1.165) is 5.92 Å². The monoisotopic (exact) mass is 198 g/mol. The summed E-state index contributed by atoms with van der Waals surface area (Å²) in [6.45, 7) is 11.8. The Hall–Kier alpha value is 0. The maximum atomic E-state index is 2.43. The zero-order valence-electron chi connectivity index (χ0n) is 11.0. The molecule has 0 heterocycles. The molecule has 0 bridgehead atoms. The Bertz CT molecular complexity index is 124. The summed E-state index contributed by atoms with van der Waals surface area (Å²) in [5.74, 6) is 0.869. The molecule has 0 saturated heterocycles. The highest BCUT2D eigenvalue weighted by molar-refractivity contribution is 4.74. The molecule has 0 spiro atoms. The third kappa shape index (κ3) is 5.67. The van der Waals surface area contributed by atoms with Crippen LogP contribution in [0.1, 0.15) is 79.6 Å². The summed E-state index contributed by atoms with van der Waals surface area (Å²) in [6.07, 6.45) is 9.81. The van der Waals surface area contributed by atoms with Gasteiger partial charge in [-0.2, -0.15) is 0 Å². The first-order valence-electron chi connectivity index (χ1n) is 6.54. The van der Waals surface area contributed by atoms with Crippen LogP contribution in [0.2, 0.25) is 0 Å². The lowest BCUT2D eigenvalue weighted by Crippen LogP contribution is -2.20. The maximum Gasteiger partial charge on any atom is -0.0329 e. The van der Waals surface area contributed by atoms with Crippen molar-refractivity contribution in [2.45, 2.75) is 79.6 Å². The van der Waals surface area contributed by atoms with Crippen molar-refractivity contribution in [1.29, 1.82) is 0 Å². The van der Waals surface area contributed by atoms with Crippen LogP contribution in [-0.4, -0.2) is 0 Å². The molecule has 0 nitrogen and oxygen atoms in total. The summed E-state index contributed by atoms with van der Waals surface area (Å²) in [4.78, 5) is 0. The van der Waals surface area contributed by atoms with Crippen LogP contribution in [0.25, 0.3) is 0 Å². The molecule has 0 aromatic rings. The minimum atomic E-state index is 0.557. The molecule has 0 aliphatic heterocycles. The summed E-state index contributed by atoms with van der Waals surface area (Å²) >= 11 is 0. The van der Waals surface area contributed by atoms with Gasteiger partial charge in [0.15, 0.2) is 0 Å². The van der Waals surface area contributed by atoms with Crippen LogP contribution in [0.15, 0.2) is 0 Å². The highest BCUT2D eigenvalue weighted by atomic mass is 14.3. The van der Waals surface area contributed by atoms with Crippen molar-refractivity contribution < 1.29 is 0 Å². The van der Waals surface area contributed by atoms with Gasteiger partial charge < -0.3 is 0 Å². The molecule has 14 heavy (non-hydrogen) atoms. The summed E-state index contributed by atoms with van der Waals surface area (Å²) in [5.41, 5.74) is 0.557. The van der Waals surface area contributed by atoms with Gasteiger partial charge in [0.1, 0.15) is 0 Å². The molecule has 0 N–H and O–H groups in total. The molecular formula is C14H30. The van der Waals surface area contributed by atoms with E-state index in [1.165, 1.54) is 44.9 Å². The molecule has 0 aliphatic rings. The molecule has 0 aliphatic carbocycles. The lowest BCUT2D eigenvalue weighted by molar-refractivity contribution is 0.199. The second kappa shape index (κ2) is 7.31. The van der Waals surface area contributed by atoms with E-state index in [2.05, 4.69) is 34.6 Å². The first-order chi connectivity index (χ1) is 6.54. The Morgan fingerprint density at radius 3 is 2.00 bits per heavy atom. The quantitative estimate of drug-likeness (QED) is 0.457. The first-order valence-corrected chi connectivity index (χ1v) is 6.54. The van der Waals surface area contributed by atoms with Crippen LogP contribution < -0.4 is 0 Å². The molecule has 1 unspecified atom stereocenters. The molecule has 0 aromatic heterocycles. The number of unbranched alkanes of at least 4 members (excludes halogenated alkanes) is 4. The van der Waals surface area contributed by atoms with Crippen LogP contribution in [0.3, 0.4) is 0 Å². The third-order valence-corrected chi connectivity index (χ3v) is 3.87. The molecular weight excluding hydrogens is 168 g/mol.